The fraction of sp³-hybridized carbons (Fsp3) is 0.105. The Labute approximate surface area is 129 Å². The van der Waals surface area contributed by atoms with Crippen LogP contribution in [0.3, 0.4) is 0 Å². The van der Waals surface area contributed by atoms with Crippen LogP contribution >= 0.6 is 0 Å². The summed E-state index contributed by atoms with van der Waals surface area (Å²) in [5.41, 5.74) is 1.84. The first-order chi connectivity index (χ1) is 10.7. The summed E-state index contributed by atoms with van der Waals surface area (Å²) in [6, 6.07) is 21.5. The molecule has 0 aliphatic rings. The monoisotopic (exact) mass is 291 g/mol. The Bertz CT molecular complexity index is 806. The van der Waals surface area contributed by atoms with E-state index in [1.165, 1.54) is 0 Å². The molecule has 0 atom stereocenters. The molecule has 0 bridgehead atoms. The van der Waals surface area contributed by atoms with Gasteiger partial charge in [0.2, 0.25) is 0 Å². The fourth-order valence-corrected chi connectivity index (χ4v) is 2.36. The molecule has 0 aliphatic carbocycles. The molecule has 110 valence electrons. The van der Waals surface area contributed by atoms with Gasteiger partial charge in [-0.05, 0) is 30.0 Å². The standard InChI is InChI=1S/C19H17NO2/c1-14-7-2-5-11-17(14)20-19(21)13-22-18-12-6-9-15-8-3-4-10-16(15)18/h2-12H,13H2,1H3,(H,20,21). The molecule has 3 aromatic carbocycles. The van der Waals surface area contributed by atoms with Crippen molar-refractivity contribution in [1.82, 2.24) is 0 Å². The van der Waals surface area contributed by atoms with Crippen molar-refractivity contribution >= 4 is 22.4 Å². The van der Waals surface area contributed by atoms with E-state index in [1.54, 1.807) is 0 Å². The molecule has 0 saturated carbocycles. The number of aryl methyl sites for hydroxylation is 1. The zero-order valence-corrected chi connectivity index (χ0v) is 12.4. The van der Waals surface area contributed by atoms with Crippen molar-refractivity contribution in [3.05, 3.63) is 72.3 Å². The second kappa shape index (κ2) is 6.31. The van der Waals surface area contributed by atoms with Crippen LogP contribution in [-0.2, 0) is 4.79 Å². The van der Waals surface area contributed by atoms with E-state index in [0.29, 0.717) is 0 Å². The molecule has 0 heterocycles. The maximum absolute atomic E-state index is 12.0. The van der Waals surface area contributed by atoms with Gasteiger partial charge in [0.15, 0.2) is 6.61 Å². The first-order valence-corrected chi connectivity index (χ1v) is 7.20. The third kappa shape index (κ3) is 3.09. The highest BCUT2D eigenvalue weighted by Gasteiger charge is 2.07. The third-order valence-electron chi connectivity index (χ3n) is 3.53. The summed E-state index contributed by atoms with van der Waals surface area (Å²) < 4.78 is 5.68. The number of hydrogen-bond acceptors (Lipinski definition) is 2. The van der Waals surface area contributed by atoms with Gasteiger partial charge in [0, 0.05) is 11.1 Å². The predicted octanol–water partition coefficient (Wildman–Crippen LogP) is 4.17. The summed E-state index contributed by atoms with van der Waals surface area (Å²) in [4.78, 5) is 12.0. The van der Waals surface area contributed by atoms with Gasteiger partial charge < -0.3 is 10.1 Å². The number of fused-ring (bicyclic) bond motifs is 1. The van der Waals surface area contributed by atoms with E-state index in [-0.39, 0.29) is 12.5 Å². The number of ether oxygens (including phenoxy) is 1. The van der Waals surface area contributed by atoms with Gasteiger partial charge in [0.1, 0.15) is 5.75 Å². The average Bonchev–Trinajstić information content (AvgIpc) is 2.55. The van der Waals surface area contributed by atoms with E-state index >= 15 is 0 Å². The van der Waals surface area contributed by atoms with Crippen LogP contribution in [0.2, 0.25) is 0 Å². The maximum atomic E-state index is 12.0. The summed E-state index contributed by atoms with van der Waals surface area (Å²) in [6.45, 7) is 1.95. The number of amides is 1. The Morgan fingerprint density at radius 3 is 2.55 bits per heavy atom. The van der Waals surface area contributed by atoms with Crippen molar-refractivity contribution in [3.63, 3.8) is 0 Å². The Hall–Kier alpha value is -2.81. The van der Waals surface area contributed by atoms with Crippen LogP contribution in [-0.4, -0.2) is 12.5 Å². The smallest absolute Gasteiger partial charge is 0.262 e. The highest BCUT2D eigenvalue weighted by Crippen LogP contribution is 2.25. The molecule has 0 fully saturated rings. The number of anilines is 1. The second-order valence-corrected chi connectivity index (χ2v) is 5.13. The Balaban J connectivity index is 1.69. The Morgan fingerprint density at radius 2 is 1.68 bits per heavy atom. The van der Waals surface area contributed by atoms with Crippen molar-refractivity contribution in [3.8, 4) is 5.75 Å². The fourth-order valence-electron chi connectivity index (χ4n) is 2.36. The number of benzene rings is 3. The van der Waals surface area contributed by atoms with Crippen LogP contribution in [0.1, 0.15) is 5.56 Å². The molecule has 3 heteroatoms. The molecule has 1 N–H and O–H groups in total. The highest BCUT2D eigenvalue weighted by molar-refractivity contribution is 5.93. The van der Waals surface area contributed by atoms with Gasteiger partial charge in [0.05, 0.1) is 0 Å². The molecule has 0 unspecified atom stereocenters. The molecule has 3 rings (SSSR count). The van der Waals surface area contributed by atoms with E-state index in [4.69, 9.17) is 4.74 Å². The Kier molecular flexibility index (Phi) is 4.05. The highest BCUT2D eigenvalue weighted by atomic mass is 16.5. The van der Waals surface area contributed by atoms with Gasteiger partial charge in [-0.3, -0.25) is 4.79 Å². The van der Waals surface area contributed by atoms with Crippen LogP contribution in [0.4, 0.5) is 5.69 Å². The van der Waals surface area contributed by atoms with Crippen molar-refractivity contribution in [2.75, 3.05) is 11.9 Å². The van der Waals surface area contributed by atoms with Gasteiger partial charge >= 0.3 is 0 Å². The number of nitrogens with one attached hydrogen (secondary N) is 1. The van der Waals surface area contributed by atoms with Crippen molar-refractivity contribution < 1.29 is 9.53 Å². The van der Waals surface area contributed by atoms with E-state index in [0.717, 1.165) is 27.8 Å². The molecular weight excluding hydrogens is 274 g/mol. The molecule has 0 aliphatic heterocycles. The minimum absolute atomic E-state index is 0.0116. The van der Waals surface area contributed by atoms with E-state index < -0.39 is 0 Å². The molecule has 0 saturated heterocycles. The summed E-state index contributed by atoms with van der Waals surface area (Å²) in [7, 11) is 0. The summed E-state index contributed by atoms with van der Waals surface area (Å²) in [5.74, 6) is 0.556. The van der Waals surface area contributed by atoms with Crippen molar-refractivity contribution in [1.29, 1.82) is 0 Å². The van der Waals surface area contributed by atoms with Gasteiger partial charge in [-0.15, -0.1) is 0 Å². The minimum Gasteiger partial charge on any atom is -0.483 e. The zero-order valence-electron chi connectivity index (χ0n) is 12.4. The Morgan fingerprint density at radius 1 is 0.955 bits per heavy atom. The first-order valence-electron chi connectivity index (χ1n) is 7.20. The number of carbonyl (C=O) groups excluding carboxylic acids is 1. The van der Waals surface area contributed by atoms with Crippen LogP contribution in [0.5, 0.6) is 5.75 Å². The minimum atomic E-state index is -0.165. The van der Waals surface area contributed by atoms with Crippen molar-refractivity contribution in [2.24, 2.45) is 0 Å². The first kappa shape index (κ1) is 14.1. The van der Waals surface area contributed by atoms with Gasteiger partial charge in [-0.2, -0.15) is 0 Å². The number of para-hydroxylation sites is 1. The molecule has 0 spiro atoms. The summed E-state index contributed by atoms with van der Waals surface area (Å²) in [5, 5.41) is 4.97. The lowest BCUT2D eigenvalue weighted by Crippen LogP contribution is -2.20. The molecule has 3 aromatic rings. The lowest BCUT2D eigenvalue weighted by atomic mass is 10.1. The van der Waals surface area contributed by atoms with E-state index in [1.807, 2.05) is 73.7 Å². The van der Waals surface area contributed by atoms with Gasteiger partial charge in [0.25, 0.3) is 5.91 Å². The van der Waals surface area contributed by atoms with E-state index in [9.17, 15) is 4.79 Å². The van der Waals surface area contributed by atoms with Crippen LogP contribution < -0.4 is 10.1 Å². The zero-order chi connectivity index (χ0) is 15.4. The lowest BCUT2D eigenvalue weighted by molar-refractivity contribution is -0.118. The third-order valence-corrected chi connectivity index (χ3v) is 3.53. The number of hydrogen-bond donors (Lipinski definition) is 1. The molecular formula is C19H17NO2. The number of rotatable bonds is 4. The topological polar surface area (TPSA) is 38.3 Å². The normalized spacial score (nSPS) is 10.4. The van der Waals surface area contributed by atoms with Crippen molar-refractivity contribution in [2.45, 2.75) is 6.92 Å². The van der Waals surface area contributed by atoms with E-state index in [2.05, 4.69) is 5.32 Å². The van der Waals surface area contributed by atoms with Crippen LogP contribution in [0.25, 0.3) is 10.8 Å². The van der Waals surface area contributed by atoms with Crippen LogP contribution in [0, 0.1) is 6.92 Å². The molecule has 3 nitrogen and oxygen atoms in total. The molecule has 22 heavy (non-hydrogen) atoms. The van der Waals surface area contributed by atoms with Gasteiger partial charge in [-0.1, -0.05) is 54.6 Å². The summed E-state index contributed by atoms with van der Waals surface area (Å²) in [6.07, 6.45) is 0. The SMILES string of the molecule is Cc1ccccc1NC(=O)COc1cccc2ccccc12. The molecule has 0 radical (unpaired) electrons. The summed E-state index contributed by atoms with van der Waals surface area (Å²) >= 11 is 0. The number of carbonyl (C=O) groups is 1. The molecule has 1 amide bonds. The van der Waals surface area contributed by atoms with Crippen LogP contribution in [0.15, 0.2) is 66.7 Å². The molecule has 0 aromatic heterocycles. The second-order valence-electron chi connectivity index (χ2n) is 5.13. The maximum Gasteiger partial charge on any atom is 0.262 e. The lowest BCUT2D eigenvalue weighted by Gasteiger charge is -2.11. The largest absolute Gasteiger partial charge is 0.483 e. The predicted molar refractivity (Wildman–Crippen MR) is 89.3 cm³/mol. The quantitative estimate of drug-likeness (QED) is 0.783. The van der Waals surface area contributed by atoms with Gasteiger partial charge in [-0.25, -0.2) is 0 Å². The average molecular weight is 291 g/mol.